The summed E-state index contributed by atoms with van der Waals surface area (Å²) in [5, 5.41) is 11.1. The Hall–Kier alpha value is -1.66. The molecule has 2 rings (SSSR count). The molecule has 18 heavy (non-hydrogen) atoms. The lowest BCUT2D eigenvalue weighted by atomic mass is 10.3. The highest BCUT2D eigenvalue weighted by Gasteiger charge is 2.12. The third-order valence-electron chi connectivity index (χ3n) is 2.03. The first-order chi connectivity index (χ1) is 8.56. The van der Waals surface area contributed by atoms with Gasteiger partial charge in [0.1, 0.15) is 11.9 Å². The highest BCUT2D eigenvalue weighted by atomic mass is 79.9. The molecular formula is C11H6BrClN2O3. The molecule has 0 unspecified atom stereocenters. The molecule has 1 aromatic carbocycles. The van der Waals surface area contributed by atoms with Gasteiger partial charge in [-0.2, -0.15) is 0 Å². The standard InChI is InChI=1S/C11H6BrClN2O3/c12-10-5-8(15(16)17)6-14-11(10)18-9-3-1-7(13)2-4-9/h1-6H. The predicted octanol–water partition coefficient (Wildman–Crippen LogP) is 4.20. The van der Waals surface area contributed by atoms with Crippen LogP contribution in [0, 0.1) is 10.1 Å². The second-order valence-electron chi connectivity index (χ2n) is 3.29. The monoisotopic (exact) mass is 328 g/mol. The molecule has 5 nitrogen and oxygen atoms in total. The first kappa shape index (κ1) is 12.8. The summed E-state index contributed by atoms with van der Waals surface area (Å²) in [6, 6.07) is 8.04. The van der Waals surface area contributed by atoms with Gasteiger partial charge >= 0.3 is 0 Å². The molecule has 1 heterocycles. The maximum absolute atomic E-state index is 10.5. The van der Waals surface area contributed by atoms with Crippen LogP contribution in [-0.2, 0) is 0 Å². The summed E-state index contributed by atoms with van der Waals surface area (Å²) in [5.74, 6) is 0.796. The van der Waals surface area contributed by atoms with E-state index in [-0.39, 0.29) is 11.6 Å². The van der Waals surface area contributed by atoms with Crippen LogP contribution < -0.4 is 4.74 Å². The van der Waals surface area contributed by atoms with Crippen LogP contribution in [0.3, 0.4) is 0 Å². The second kappa shape index (κ2) is 5.32. The zero-order chi connectivity index (χ0) is 13.1. The second-order valence-corrected chi connectivity index (χ2v) is 4.58. The number of aromatic nitrogens is 1. The molecule has 0 aliphatic carbocycles. The molecule has 2 aromatic rings. The summed E-state index contributed by atoms with van der Waals surface area (Å²) >= 11 is 8.92. The Labute approximate surface area is 116 Å². The molecule has 0 saturated carbocycles. The van der Waals surface area contributed by atoms with Crippen molar-refractivity contribution in [3.8, 4) is 11.6 Å². The molecule has 0 atom stereocenters. The van der Waals surface area contributed by atoms with Gasteiger partial charge < -0.3 is 4.74 Å². The molecule has 0 spiro atoms. The molecular weight excluding hydrogens is 323 g/mol. The molecule has 0 aliphatic rings. The van der Waals surface area contributed by atoms with Crippen molar-refractivity contribution in [2.24, 2.45) is 0 Å². The van der Waals surface area contributed by atoms with Crippen molar-refractivity contribution >= 4 is 33.2 Å². The third kappa shape index (κ3) is 2.96. The number of halogens is 2. The van der Waals surface area contributed by atoms with Crippen molar-refractivity contribution in [1.29, 1.82) is 0 Å². The van der Waals surface area contributed by atoms with Crippen LogP contribution in [-0.4, -0.2) is 9.91 Å². The molecule has 0 bridgehead atoms. The van der Waals surface area contributed by atoms with E-state index < -0.39 is 4.92 Å². The van der Waals surface area contributed by atoms with E-state index in [1.54, 1.807) is 24.3 Å². The summed E-state index contributed by atoms with van der Waals surface area (Å²) in [7, 11) is 0. The lowest BCUT2D eigenvalue weighted by Gasteiger charge is -2.06. The maximum Gasteiger partial charge on any atom is 0.288 e. The molecule has 0 saturated heterocycles. The predicted molar refractivity (Wildman–Crippen MR) is 70.1 cm³/mol. The first-order valence-electron chi connectivity index (χ1n) is 4.79. The number of ether oxygens (including phenoxy) is 1. The quantitative estimate of drug-likeness (QED) is 0.625. The van der Waals surface area contributed by atoms with Gasteiger partial charge in [-0.1, -0.05) is 11.6 Å². The number of nitrogens with zero attached hydrogens (tertiary/aromatic N) is 2. The van der Waals surface area contributed by atoms with E-state index in [1.807, 2.05) is 0 Å². The molecule has 1 aromatic heterocycles. The first-order valence-corrected chi connectivity index (χ1v) is 5.97. The molecule has 0 fully saturated rings. The van der Waals surface area contributed by atoms with Gasteiger partial charge in [0, 0.05) is 11.1 Å². The highest BCUT2D eigenvalue weighted by molar-refractivity contribution is 9.10. The van der Waals surface area contributed by atoms with Crippen LogP contribution >= 0.6 is 27.5 Å². The number of hydrogen-bond donors (Lipinski definition) is 0. The van der Waals surface area contributed by atoms with Crippen LogP contribution in [0.2, 0.25) is 5.02 Å². The largest absolute Gasteiger partial charge is 0.438 e. The summed E-state index contributed by atoms with van der Waals surface area (Å²) < 4.78 is 5.87. The van der Waals surface area contributed by atoms with E-state index in [0.29, 0.717) is 15.2 Å². The van der Waals surface area contributed by atoms with Crippen LogP contribution in [0.15, 0.2) is 41.0 Å². The average molecular weight is 330 g/mol. The summed E-state index contributed by atoms with van der Waals surface area (Å²) in [6.45, 7) is 0. The number of nitro groups is 1. The minimum atomic E-state index is -0.524. The Morgan fingerprint density at radius 2 is 2.00 bits per heavy atom. The number of benzene rings is 1. The SMILES string of the molecule is O=[N+]([O-])c1cnc(Oc2ccc(Cl)cc2)c(Br)c1. The molecule has 0 N–H and O–H groups in total. The van der Waals surface area contributed by atoms with Crippen molar-refractivity contribution in [2.75, 3.05) is 0 Å². The normalized spacial score (nSPS) is 10.1. The van der Waals surface area contributed by atoms with E-state index in [4.69, 9.17) is 16.3 Å². The van der Waals surface area contributed by atoms with Gasteiger partial charge in [0.2, 0.25) is 5.88 Å². The molecule has 7 heteroatoms. The highest BCUT2D eigenvalue weighted by Crippen LogP contribution is 2.30. The van der Waals surface area contributed by atoms with E-state index in [1.165, 1.54) is 6.07 Å². The Bertz CT molecular complexity index is 589. The number of rotatable bonds is 3. The minimum absolute atomic E-state index is 0.106. The zero-order valence-electron chi connectivity index (χ0n) is 8.84. The Morgan fingerprint density at radius 3 is 2.56 bits per heavy atom. The van der Waals surface area contributed by atoms with Crippen molar-refractivity contribution in [3.63, 3.8) is 0 Å². The zero-order valence-corrected chi connectivity index (χ0v) is 11.2. The van der Waals surface area contributed by atoms with Gasteiger partial charge in [0.25, 0.3) is 5.69 Å². The van der Waals surface area contributed by atoms with Crippen LogP contribution in [0.25, 0.3) is 0 Å². The molecule has 0 amide bonds. The third-order valence-corrected chi connectivity index (χ3v) is 2.85. The fraction of sp³-hybridized carbons (Fsp3) is 0. The number of hydrogen-bond acceptors (Lipinski definition) is 4. The van der Waals surface area contributed by atoms with Crippen molar-refractivity contribution in [2.45, 2.75) is 0 Å². The summed E-state index contributed by atoms with van der Waals surface area (Å²) in [5.41, 5.74) is -0.106. The molecule has 92 valence electrons. The van der Waals surface area contributed by atoms with Gasteiger partial charge in [-0.15, -0.1) is 0 Å². The topological polar surface area (TPSA) is 65.3 Å². The van der Waals surface area contributed by atoms with Gasteiger partial charge in [-0.25, -0.2) is 4.98 Å². The fourth-order valence-electron chi connectivity index (χ4n) is 1.20. The lowest BCUT2D eigenvalue weighted by molar-refractivity contribution is -0.385. The number of pyridine rings is 1. The van der Waals surface area contributed by atoms with Crippen LogP contribution in [0.4, 0.5) is 5.69 Å². The van der Waals surface area contributed by atoms with Crippen LogP contribution in [0.5, 0.6) is 11.6 Å². The van der Waals surface area contributed by atoms with Gasteiger partial charge in [-0.05, 0) is 40.2 Å². The smallest absolute Gasteiger partial charge is 0.288 e. The van der Waals surface area contributed by atoms with Gasteiger partial charge in [-0.3, -0.25) is 10.1 Å². The fourth-order valence-corrected chi connectivity index (χ4v) is 1.75. The van der Waals surface area contributed by atoms with E-state index in [0.717, 1.165) is 6.20 Å². The Morgan fingerprint density at radius 1 is 1.33 bits per heavy atom. The molecule has 0 aliphatic heterocycles. The average Bonchev–Trinajstić information content (AvgIpc) is 2.34. The summed E-state index contributed by atoms with van der Waals surface area (Å²) in [6.07, 6.45) is 1.13. The van der Waals surface area contributed by atoms with E-state index in [2.05, 4.69) is 20.9 Å². The van der Waals surface area contributed by atoms with Crippen molar-refractivity contribution in [3.05, 3.63) is 56.1 Å². The molecule has 0 radical (unpaired) electrons. The van der Waals surface area contributed by atoms with Crippen molar-refractivity contribution < 1.29 is 9.66 Å². The lowest BCUT2D eigenvalue weighted by Crippen LogP contribution is -1.93. The van der Waals surface area contributed by atoms with Gasteiger partial charge in [0.05, 0.1) is 9.40 Å². The van der Waals surface area contributed by atoms with E-state index in [9.17, 15) is 10.1 Å². The van der Waals surface area contributed by atoms with E-state index >= 15 is 0 Å². The Kier molecular flexibility index (Phi) is 3.78. The minimum Gasteiger partial charge on any atom is -0.438 e. The maximum atomic E-state index is 10.5. The summed E-state index contributed by atoms with van der Waals surface area (Å²) in [4.78, 5) is 13.9. The van der Waals surface area contributed by atoms with Crippen LogP contribution in [0.1, 0.15) is 0 Å². The van der Waals surface area contributed by atoms with Crippen molar-refractivity contribution in [1.82, 2.24) is 4.98 Å². The van der Waals surface area contributed by atoms with Gasteiger partial charge in [0.15, 0.2) is 0 Å². The Balaban J connectivity index is 2.24.